The van der Waals surface area contributed by atoms with Crippen molar-refractivity contribution in [2.75, 3.05) is 29.9 Å². The first kappa shape index (κ1) is 22.4. The van der Waals surface area contributed by atoms with Crippen molar-refractivity contribution in [1.29, 1.82) is 0 Å². The van der Waals surface area contributed by atoms with Crippen LogP contribution in [-0.2, 0) is 26.0 Å². The van der Waals surface area contributed by atoms with Crippen LogP contribution in [0.3, 0.4) is 0 Å². The number of fused-ring (bicyclic) bond motifs is 1. The molecule has 2 aromatic carbocycles. The Morgan fingerprint density at radius 3 is 2.35 bits per heavy atom. The van der Waals surface area contributed by atoms with E-state index in [9.17, 15) is 22.8 Å². The smallest absolute Gasteiger partial charge is 0.251 e. The fourth-order valence-electron chi connectivity index (χ4n) is 3.33. The Morgan fingerprint density at radius 2 is 1.71 bits per heavy atom. The Morgan fingerprint density at radius 1 is 1.00 bits per heavy atom. The number of carbonyl (C=O) groups is 3. The number of anilines is 2. The molecule has 1 heterocycles. The molecule has 10 heteroatoms. The number of carbonyl (C=O) groups excluding carboxylic acids is 3. The third kappa shape index (κ3) is 5.47. The highest BCUT2D eigenvalue weighted by Crippen LogP contribution is 2.30. The molecule has 0 bridgehead atoms. The van der Waals surface area contributed by atoms with Crippen LogP contribution in [0, 0.1) is 0 Å². The second-order valence-electron chi connectivity index (χ2n) is 7.12. The molecule has 0 saturated carbocycles. The minimum absolute atomic E-state index is 0.0225. The van der Waals surface area contributed by atoms with Crippen LogP contribution in [0.4, 0.5) is 11.4 Å². The molecule has 3 N–H and O–H groups in total. The van der Waals surface area contributed by atoms with E-state index in [1.807, 2.05) is 0 Å². The number of rotatable bonds is 7. The fraction of sp³-hybridized carbons (Fsp3) is 0.286. The van der Waals surface area contributed by atoms with Crippen LogP contribution in [0.1, 0.15) is 29.8 Å². The van der Waals surface area contributed by atoms with Gasteiger partial charge >= 0.3 is 0 Å². The Hall–Kier alpha value is -3.24. The van der Waals surface area contributed by atoms with E-state index in [-0.39, 0.29) is 35.7 Å². The molecule has 0 fully saturated rings. The fourth-order valence-corrected chi connectivity index (χ4v) is 4.41. The monoisotopic (exact) mass is 444 g/mol. The molecule has 0 atom stereocenters. The molecule has 1 aliphatic rings. The van der Waals surface area contributed by atoms with Crippen LogP contribution >= 0.6 is 0 Å². The van der Waals surface area contributed by atoms with Crippen LogP contribution in [0.5, 0.6) is 0 Å². The van der Waals surface area contributed by atoms with Gasteiger partial charge in [0.05, 0.1) is 4.90 Å². The standard InChI is InChI=1S/C21H24N4O5S/c1-14(26)24-18-5-3-16(4-6-18)21(28)22-10-11-23-31(29,30)19-7-8-20-17(13-19)9-12-25(20)15(2)27/h3-8,13,23H,9-12H2,1-2H3,(H,22,28)(H,24,26). The summed E-state index contributed by atoms with van der Waals surface area (Å²) in [6, 6.07) is 11.1. The van der Waals surface area contributed by atoms with Crippen molar-refractivity contribution < 1.29 is 22.8 Å². The number of sulfonamides is 1. The summed E-state index contributed by atoms with van der Waals surface area (Å²) in [6.45, 7) is 3.54. The summed E-state index contributed by atoms with van der Waals surface area (Å²) in [4.78, 5) is 36.6. The summed E-state index contributed by atoms with van der Waals surface area (Å²) in [5.74, 6) is -0.632. The van der Waals surface area contributed by atoms with Gasteiger partial charge in [0.15, 0.2) is 0 Å². The first-order valence-corrected chi connectivity index (χ1v) is 11.2. The van der Waals surface area contributed by atoms with Gasteiger partial charge in [0, 0.05) is 50.4 Å². The van der Waals surface area contributed by atoms with Crippen LogP contribution in [0.2, 0.25) is 0 Å². The Bertz CT molecular complexity index is 1110. The molecule has 0 spiro atoms. The number of hydrogen-bond donors (Lipinski definition) is 3. The normalized spacial score (nSPS) is 12.9. The van der Waals surface area contributed by atoms with E-state index >= 15 is 0 Å². The first-order chi connectivity index (χ1) is 14.7. The molecule has 3 rings (SSSR count). The maximum Gasteiger partial charge on any atom is 0.251 e. The second-order valence-corrected chi connectivity index (χ2v) is 8.89. The second kappa shape index (κ2) is 9.27. The zero-order valence-electron chi connectivity index (χ0n) is 17.3. The van der Waals surface area contributed by atoms with Crippen LogP contribution in [-0.4, -0.2) is 45.8 Å². The van der Waals surface area contributed by atoms with Crippen LogP contribution < -0.4 is 20.3 Å². The SMILES string of the molecule is CC(=O)Nc1ccc(C(=O)NCCNS(=O)(=O)c2ccc3c(c2)CCN3C(C)=O)cc1. The first-order valence-electron chi connectivity index (χ1n) is 9.74. The lowest BCUT2D eigenvalue weighted by Crippen LogP contribution is -2.34. The maximum absolute atomic E-state index is 12.5. The number of benzene rings is 2. The van der Waals surface area contributed by atoms with E-state index in [0.29, 0.717) is 24.2 Å². The van der Waals surface area contributed by atoms with Crippen molar-refractivity contribution in [3.8, 4) is 0 Å². The lowest BCUT2D eigenvalue weighted by atomic mass is 10.2. The van der Waals surface area contributed by atoms with Gasteiger partial charge in [-0.2, -0.15) is 0 Å². The Labute approximate surface area is 180 Å². The average molecular weight is 445 g/mol. The van der Waals surface area contributed by atoms with Crippen LogP contribution in [0.15, 0.2) is 47.4 Å². The van der Waals surface area contributed by atoms with Gasteiger partial charge in [0.2, 0.25) is 21.8 Å². The van der Waals surface area contributed by atoms with Crippen LogP contribution in [0.25, 0.3) is 0 Å². The lowest BCUT2D eigenvalue weighted by Gasteiger charge is -2.15. The zero-order chi connectivity index (χ0) is 22.6. The molecule has 31 heavy (non-hydrogen) atoms. The van der Waals surface area contributed by atoms with E-state index in [4.69, 9.17) is 0 Å². The molecule has 3 amide bonds. The van der Waals surface area contributed by atoms with E-state index in [1.54, 1.807) is 41.3 Å². The molecule has 164 valence electrons. The molecule has 2 aromatic rings. The third-order valence-corrected chi connectivity index (χ3v) is 6.27. The molecular weight excluding hydrogens is 420 g/mol. The van der Waals surface area contributed by atoms with E-state index < -0.39 is 10.0 Å². The summed E-state index contributed by atoms with van der Waals surface area (Å²) in [7, 11) is -3.74. The van der Waals surface area contributed by atoms with Gasteiger partial charge in [-0.1, -0.05) is 0 Å². The Balaban J connectivity index is 1.53. The topological polar surface area (TPSA) is 125 Å². The Kier molecular flexibility index (Phi) is 6.71. The van der Waals surface area contributed by atoms with Gasteiger partial charge in [0.1, 0.15) is 0 Å². The number of nitrogens with zero attached hydrogens (tertiary/aromatic N) is 1. The summed E-state index contributed by atoms with van der Waals surface area (Å²) < 4.78 is 27.6. The van der Waals surface area contributed by atoms with Crippen molar-refractivity contribution in [3.63, 3.8) is 0 Å². The minimum Gasteiger partial charge on any atom is -0.351 e. The quantitative estimate of drug-likeness (QED) is 0.555. The number of amides is 3. The maximum atomic E-state index is 12.5. The summed E-state index contributed by atoms with van der Waals surface area (Å²) in [5.41, 5.74) is 2.53. The predicted molar refractivity (Wildman–Crippen MR) is 116 cm³/mol. The van der Waals surface area contributed by atoms with Crippen molar-refractivity contribution in [2.24, 2.45) is 0 Å². The molecule has 1 aliphatic heterocycles. The molecule has 0 saturated heterocycles. The zero-order valence-corrected chi connectivity index (χ0v) is 18.1. The highest BCUT2D eigenvalue weighted by molar-refractivity contribution is 7.89. The van der Waals surface area contributed by atoms with Gasteiger partial charge in [-0.05, 0) is 54.4 Å². The summed E-state index contributed by atoms with van der Waals surface area (Å²) in [5, 5.41) is 5.26. The van der Waals surface area contributed by atoms with E-state index in [0.717, 1.165) is 11.3 Å². The number of hydrogen-bond acceptors (Lipinski definition) is 5. The van der Waals surface area contributed by atoms with Gasteiger partial charge in [-0.3, -0.25) is 14.4 Å². The molecule has 0 unspecified atom stereocenters. The molecule has 9 nitrogen and oxygen atoms in total. The molecule has 0 aromatic heterocycles. The largest absolute Gasteiger partial charge is 0.351 e. The number of nitrogens with one attached hydrogen (secondary N) is 3. The highest BCUT2D eigenvalue weighted by Gasteiger charge is 2.24. The third-order valence-electron chi connectivity index (χ3n) is 4.81. The van der Waals surface area contributed by atoms with Crippen molar-refractivity contribution in [3.05, 3.63) is 53.6 Å². The summed E-state index contributed by atoms with van der Waals surface area (Å²) in [6.07, 6.45) is 0.606. The molecule has 0 aliphatic carbocycles. The molecular formula is C21H24N4O5S. The van der Waals surface area contributed by atoms with Crippen molar-refractivity contribution in [2.45, 2.75) is 25.2 Å². The van der Waals surface area contributed by atoms with Gasteiger partial charge in [-0.25, -0.2) is 13.1 Å². The summed E-state index contributed by atoms with van der Waals surface area (Å²) >= 11 is 0. The van der Waals surface area contributed by atoms with Gasteiger partial charge < -0.3 is 15.5 Å². The minimum atomic E-state index is -3.74. The van der Waals surface area contributed by atoms with Gasteiger partial charge in [-0.15, -0.1) is 0 Å². The lowest BCUT2D eigenvalue weighted by molar-refractivity contribution is -0.116. The van der Waals surface area contributed by atoms with Crippen molar-refractivity contribution >= 4 is 39.1 Å². The van der Waals surface area contributed by atoms with Gasteiger partial charge in [0.25, 0.3) is 5.91 Å². The van der Waals surface area contributed by atoms with E-state index in [2.05, 4.69) is 15.4 Å². The van der Waals surface area contributed by atoms with E-state index in [1.165, 1.54) is 19.9 Å². The average Bonchev–Trinajstić information content (AvgIpc) is 3.15. The molecule has 0 radical (unpaired) electrons. The highest BCUT2D eigenvalue weighted by atomic mass is 32.2. The van der Waals surface area contributed by atoms with Crippen molar-refractivity contribution in [1.82, 2.24) is 10.0 Å². The predicted octanol–water partition coefficient (Wildman–Crippen LogP) is 1.26.